The normalized spacial score (nSPS) is 14.4. The van der Waals surface area contributed by atoms with Crippen molar-refractivity contribution >= 4 is 10.1 Å². The summed E-state index contributed by atoms with van der Waals surface area (Å²) >= 11 is 0. The number of nitrogens with one attached hydrogen (secondary N) is 1. The minimum atomic E-state index is -4.64. The molecule has 14 heavy (non-hydrogen) atoms. The first-order valence-electron chi connectivity index (χ1n) is 3.99. The van der Waals surface area contributed by atoms with Crippen LogP contribution in [-0.2, 0) is 10.1 Å². The van der Waals surface area contributed by atoms with Crippen molar-refractivity contribution in [1.29, 1.82) is 0 Å². The van der Waals surface area contributed by atoms with Crippen molar-refractivity contribution in [1.82, 2.24) is 5.32 Å². The molecule has 0 atom stereocenters. The van der Waals surface area contributed by atoms with Gasteiger partial charge in [-0.1, -0.05) is 0 Å². The molecule has 0 spiro atoms. The molecule has 0 unspecified atom stereocenters. The monoisotopic (exact) mass is 231 g/mol. The van der Waals surface area contributed by atoms with Gasteiger partial charge in [0, 0.05) is 5.54 Å². The van der Waals surface area contributed by atoms with E-state index in [1.807, 2.05) is 0 Å². The number of hydrogen-bond donors (Lipinski definition) is 2. The Bertz CT molecular complexity index is 282. The van der Waals surface area contributed by atoms with Crippen LogP contribution in [0.3, 0.4) is 0 Å². The van der Waals surface area contributed by atoms with Crippen LogP contribution in [0.2, 0.25) is 0 Å². The Morgan fingerprint density at radius 1 is 1.29 bits per heavy atom. The summed E-state index contributed by atoms with van der Waals surface area (Å²) in [6.07, 6.45) is 0. The van der Waals surface area contributed by atoms with Gasteiger partial charge in [-0.05, 0) is 20.8 Å². The lowest BCUT2D eigenvalue weighted by molar-refractivity contribution is 0.0189. The van der Waals surface area contributed by atoms with E-state index in [1.54, 1.807) is 20.8 Å². The molecular formula is C7H15F2NO3S. The summed E-state index contributed by atoms with van der Waals surface area (Å²) in [4.78, 5) is 0. The molecule has 0 fully saturated rings. The van der Waals surface area contributed by atoms with Gasteiger partial charge in [0.1, 0.15) is 5.75 Å². The van der Waals surface area contributed by atoms with E-state index in [2.05, 4.69) is 5.32 Å². The van der Waals surface area contributed by atoms with Gasteiger partial charge in [0.05, 0.1) is 6.54 Å². The average molecular weight is 231 g/mol. The zero-order valence-corrected chi connectivity index (χ0v) is 9.16. The number of rotatable bonds is 4. The van der Waals surface area contributed by atoms with Gasteiger partial charge in [-0.2, -0.15) is 8.42 Å². The largest absolute Gasteiger partial charge is 0.306 e. The zero-order valence-electron chi connectivity index (χ0n) is 8.34. The van der Waals surface area contributed by atoms with E-state index in [9.17, 15) is 17.2 Å². The van der Waals surface area contributed by atoms with Gasteiger partial charge in [-0.25, -0.2) is 8.78 Å². The molecule has 0 heterocycles. The van der Waals surface area contributed by atoms with Crippen molar-refractivity contribution in [3.63, 3.8) is 0 Å². The van der Waals surface area contributed by atoms with Crippen LogP contribution < -0.4 is 5.32 Å². The fraction of sp³-hybridized carbons (Fsp3) is 1.00. The second kappa shape index (κ2) is 4.08. The molecule has 7 heteroatoms. The highest BCUT2D eigenvalue weighted by atomic mass is 32.2. The summed E-state index contributed by atoms with van der Waals surface area (Å²) in [6, 6.07) is 0. The van der Waals surface area contributed by atoms with Crippen LogP contribution in [0.5, 0.6) is 0 Å². The van der Waals surface area contributed by atoms with Gasteiger partial charge >= 0.3 is 0 Å². The van der Waals surface area contributed by atoms with E-state index in [0.29, 0.717) is 0 Å². The Balaban J connectivity index is 4.23. The van der Waals surface area contributed by atoms with Crippen LogP contribution in [0.15, 0.2) is 0 Å². The van der Waals surface area contributed by atoms with Crippen molar-refractivity contribution < 1.29 is 21.8 Å². The van der Waals surface area contributed by atoms with Crippen molar-refractivity contribution in [3.05, 3.63) is 0 Å². The summed E-state index contributed by atoms with van der Waals surface area (Å²) in [6.45, 7) is 4.25. The third-order valence-corrected chi connectivity index (χ3v) is 2.06. The highest BCUT2D eigenvalue weighted by molar-refractivity contribution is 7.85. The van der Waals surface area contributed by atoms with Gasteiger partial charge in [0.25, 0.3) is 16.0 Å². The minimum absolute atomic E-state index is 0.525. The lowest BCUT2D eigenvalue weighted by atomic mass is 10.1. The summed E-state index contributed by atoms with van der Waals surface area (Å²) in [5, 5.41) is 2.46. The van der Waals surface area contributed by atoms with Crippen LogP contribution in [-0.4, -0.2) is 36.7 Å². The highest BCUT2D eigenvalue weighted by Gasteiger charge is 2.35. The molecule has 2 N–H and O–H groups in total. The molecule has 0 radical (unpaired) electrons. The van der Waals surface area contributed by atoms with Crippen LogP contribution in [0.25, 0.3) is 0 Å². The maximum Gasteiger partial charge on any atom is 0.276 e. The van der Waals surface area contributed by atoms with E-state index in [4.69, 9.17) is 4.55 Å². The van der Waals surface area contributed by atoms with Crippen LogP contribution in [0.1, 0.15) is 20.8 Å². The molecular weight excluding hydrogens is 216 g/mol. The van der Waals surface area contributed by atoms with Gasteiger partial charge in [0.2, 0.25) is 0 Å². The topological polar surface area (TPSA) is 66.4 Å². The van der Waals surface area contributed by atoms with Gasteiger partial charge in [-0.3, -0.25) is 4.55 Å². The van der Waals surface area contributed by atoms with E-state index in [-0.39, 0.29) is 0 Å². The molecule has 0 aliphatic heterocycles. The number of alkyl halides is 2. The summed E-state index contributed by atoms with van der Waals surface area (Å²) < 4.78 is 54.4. The van der Waals surface area contributed by atoms with E-state index < -0.39 is 33.9 Å². The van der Waals surface area contributed by atoms with Crippen molar-refractivity contribution in [2.24, 2.45) is 0 Å². The lowest BCUT2D eigenvalue weighted by Gasteiger charge is -2.24. The first kappa shape index (κ1) is 13.7. The quantitative estimate of drug-likeness (QED) is 0.705. The summed E-state index contributed by atoms with van der Waals surface area (Å²) in [7, 11) is -4.64. The van der Waals surface area contributed by atoms with Crippen LogP contribution in [0, 0.1) is 0 Å². The van der Waals surface area contributed by atoms with Gasteiger partial charge in [0.15, 0.2) is 0 Å². The van der Waals surface area contributed by atoms with E-state index in [1.165, 1.54) is 0 Å². The predicted octanol–water partition coefficient (Wildman–Crippen LogP) is 0.898. The van der Waals surface area contributed by atoms with E-state index >= 15 is 0 Å². The molecule has 0 aromatic heterocycles. The van der Waals surface area contributed by atoms with Crippen molar-refractivity contribution in [2.75, 3.05) is 12.3 Å². The van der Waals surface area contributed by atoms with Crippen LogP contribution in [0.4, 0.5) is 8.78 Å². The Kier molecular flexibility index (Phi) is 4.00. The van der Waals surface area contributed by atoms with Gasteiger partial charge < -0.3 is 5.32 Å². The molecule has 0 aliphatic rings. The van der Waals surface area contributed by atoms with Gasteiger partial charge in [-0.15, -0.1) is 0 Å². The van der Waals surface area contributed by atoms with E-state index in [0.717, 1.165) is 0 Å². The summed E-state index contributed by atoms with van der Waals surface area (Å²) in [5.41, 5.74) is -0.525. The Labute approximate surface area is 82.4 Å². The molecule has 0 rings (SSSR count). The molecule has 0 aliphatic carbocycles. The number of halogens is 2. The Hall–Kier alpha value is -0.270. The SMILES string of the molecule is CC(C)(C)NCC(F)(F)CS(=O)(=O)O. The van der Waals surface area contributed by atoms with Crippen molar-refractivity contribution in [3.8, 4) is 0 Å². The lowest BCUT2D eigenvalue weighted by Crippen LogP contribution is -2.46. The highest BCUT2D eigenvalue weighted by Crippen LogP contribution is 2.15. The number of hydrogen-bond acceptors (Lipinski definition) is 3. The average Bonchev–Trinajstić information content (AvgIpc) is 1.76. The summed E-state index contributed by atoms with van der Waals surface area (Å²) in [5.74, 6) is -5.01. The predicted molar refractivity (Wildman–Crippen MR) is 49.1 cm³/mol. The molecule has 0 aromatic rings. The second-order valence-electron chi connectivity index (χ2n) is 4.19. The third-order valence-electron chi connectivity index (χ3n) is 1.27. The Morgan fingerprint density at radius 3 is 2.00 bits per heavy atom. The fourth-order valence-electron chi connectivity index (χ4n) is 0.712. The molecule has 0 aromatic carbocycles. The second-order valence-corrected chi connectivity index (χ2v) is 5.64. The zero-order chi connectivity index (χ0) is 11.6. The first-order valence-corrected chi connectivity index (χ1v) is 5.60. The molecule has 4 nitrogen and oxygen atoms in total. The fourth-order valence-corrected chi connectivity index (χ4v) is 1.35. The molecule has 0 bridgehead atoms. The maximum absolute atomic E-state index is 12.8. The van der Waals surface area contributed by atoms with Crippen LogP contribution >= 0.6 is 0 Å². The molecule has 86 valence electrons. The first-order chi connectivity index (χ1) is 5.91. The maximum atomic E-state index is 12.8. The third kappa shape index (κ3) is 8.33. The van der Waals surface area contributed by atoms with Crippen molar-refractivity contribution in [2.45, 2.75) is 32.2 Å². The standard InChI is InChI=1S/C7H15F2NO3S/c1-6(2,3)10-4-7(8,9)5-14(11,12)13/h10H,4-5H2,1-3H3,(H,11,12,13). The molecule has 0 saturated heterocycles. The molecule has 0 saturated carbocycles. The minimum Gasteiger partial charge on any atom is -0.306 e. The Morgan fingerprint density at radius 2 is 1.71 bits per heavy atom. The smallest absolute Gasteiger partial charge is 0.276 e. The molecule has 0 amide bonds.